The molecule has 21 heavy (non-hydrogen) atoms. The fourth-order valence-electron chi connectivity index (χ4n) is 1.91. The molecule has 0 fully saturated rings. The van der Waals surface area contributed by atoms with Gasteiger partial charge < -0.3 is 4.74 Å². The van der Waals surface area contributed by atoms with Gasteiger partial charge in [-0.15, -0.1) is 0 Å². The summed E-state index contributed by atoms with van der Waals surface area (Å²) in [7, 11) is 1.60. The molecule has 110 valence electrons. The summed E-state index contributed by atoms with van der Waals surface area (Å²) in [6, 6.07) is 5.62. The average molecular weight is 414 g/mol. The predicted molar refractivity (Wildman–Crippen MR) is 89.8 cm³/mol. The van der Waals surface area contributed by atoms with Crippen molar-refractivity contribution >= 4 is 43.8 Å². The molecule has 4 nitrogen and oxygen atoms in total. The average Bonchev–Trinajstić information content (AvgIpc) is 2.72. The van der Waals surface area contributed by atoms with Gasteiger partial charge in [-0.2, -0.15) is 5.10 Å². The molecule has 1 aromatic heterocycles. The number of benzene rings is 1. The standard InChI is InChI=1S/C15H14Br2N2O2/c1-9-15(17)10(2)19(18-9)14(20)7-4-11-8-12(16)5-6-13(11)21-3/h4-8H,1-3H3/b7-4+. The van der Waals surface area contributed by atoms with Crippen LogP contribution in [-0.4, -0.2) is 22.8 Å². The number of hydrogen-bond donors (Lipinski definition) is 0. The van der Waals surface area contributed by atoms with Gasteiger partial charge in [0, 0.05) is 16.1 Å². The minimum absolute atomic E-state index is 0.205. The van der Waals surface area contributed by atoms with E-state index in [1.54, 1.807) is 13.2 Å². The first-order valence-corrected chi connectivity index (χ1v) is 7.80. The molecule has 0 unspecified atom stereocenters. The fraction of sp³-hybridized carbons (Fsp3) is 0.200. The number of rotatable bonds is 3. The van der Waals surface area contributed by atoms with E-state index in [0.717, 1.165) is 25.9 Å². The number of allylic oxidation sites excluding steroid dienone is 1. The number of hydrogen-bond acceptors (Lipinski definition) is 3. The number of aromatic nitrogens is 2. The second kappa shape index (κ2) is 6.58. The lowest BCUT2D eigenvalue weighted by Gasteiger charge is -2.05. The van der Waals surface area contributed by atoms with Crippen molar-refractivity contribution in [1.29, 1.82) is 0 Å². The van der Waals surface area contributed by atoms with E-state index >= 15 is 0 Å². The van der Waals surface area contributed by atoms with E-state index in [4.69, 9.17) is 4.74 Å². The van der Waals surface area contributed by atoms with Crippen molar-refractivity contribution in [2.75, 3.05) is 7.11 Å². The van der Waals surface area contributed by atoms with E-state index in [9.17, 15) is 4.79 Å². The van der Waals surface area contributed by atoms with Crippen LogP contribution in [0.2, 0.25) is 0 Å². The molecule has 2 aromatic rings. The van der Waals surface area contributed by atoms with E-state index in [2.05, 4.69) is 37.0 Å². The number of carbonyl (C=O) groups is 1. The molecule has 0 radical (unpaired) electrons. The molecule has 6 heteroatoms. The zero-order valence-corrected chi connectivity index (χ0v) is 15.0. The quantitative estimate of drug-likeness (QED) is 0.701. The number of ether oxygens (including phenoxy) is 1. The second-order valence-electron chi connectivity index (χ2n) is 4.45. The third kappa shape index (κ3) is 3.44. The topological polar surface area (TPSA) is 44.1 Å². The molecule has 0 aliphatic rings. The molecule has 0 spiro atoms. The van der Waals surface area contributed by atoms with Crippen LogP contribution in [0.4, 0.5) is 0 Å². The minimum Gasteiger partial charge on any atom is -0.496 e. The van der Waals surface area contributed by atoms with Gasteiger partial charge in [0.1, 0.15) is 5.75 Å². The summed E-state index contributed by atoms with van der Waals surface area (Å²) in [4.78, 5) is 12.2. The van der Waals surface area contributed by atoms with Gasteiger partial charge in [-0.1, -0.05) is 15.9 Å². The Bertz CT molecular complexity index is 721. The van der Waals surface area contributed by atoms with Crippen molar-refractivity contribution in [3.8, 4) is 5.75 Å². The summed E-state index contributed by atoms with van der Waals surface area (Å²) in [5.41, 5.74) is 2.39. The Kier molecular flexibility index (Phi) is 5.00. The maximum atomic E-state index is 12.2. The molecule has 0 saturated heterocycles. The Morgan fingerprint density at radius 1 is 1.33 bits per heavy atom. The molecule has 0 aliphatic carbocycles. The predicted octanol–water partition coefficient (Wildman–Crippen LogP) is 4.39. The molecular formula is C15H14Br2N2O2. The van der Waals surface area contributed by atoms with Gasteiger partial charge in [0.05, 0.1) is 23.0 Å². The Hall–Kier alpha value is -1.40. The molecule has 2 rings (SSSR count). The largest absolute Gasteiger partial charge is 0.496 e. The Labute approximate surface area is 140 Å². The van der Waals surface area contributed by atoms with E-state index in [0.29, 0.717) is 5.75 Å². The lowest BCUT2D eigenvalue weighted by molar-refractivity contribution is 0.0952. The van der Waals surface area contributed by atoms with Crippen LogP contribution in [0.15, 0.2) is 33.2 Å². The maximum Gasteiger partial charge on any atom is 0.271 e. The number of nitrogens with zero attached hydrogens (tertiary/aromatic N) is 2. The lowest BCUT2D eigenvalue weighted by Crippen LogP contribution is -2.11. The monoisotopic (exact) mass is 412 g/mol. The minimum atomic E-state index is -0.205. The molecule has 0 N–H and O–H groups in total. The molecular weight excluding hydrogens is 400 g/mol. The van der Waals surface area contributed by atoms with Crippen molar-refractivity contribution in [1.82, 2.24) is 9.78 Å². The fourth-order valence-corrected chi connectivity index (χ4v) is 2.53. The van der Waals surface area contributed by atoms with Gasteiger partial charge in [-0.25, -0.2) is 4.68 Å². The number of halogens is 2. The number of methoxy groups -OCH3 is 1. The van der Waals surface area contributed by atoms with E-state index in [1.807, 2.05) is 32.0 Å². The number of carbonyl (C=O) groups excluding carboxylic acids is 1. The van der Waals surface area contributed by atoms with Crippen molar-refractivity contribution in [3.63, 3.8) is 0 Å². The Balaban J connectivity index is 2.31. The zero-order chi connectivity index (χ0) is 15.6. The van der Waals surface area contributed by atoms with Crippen LogP contribution in [-0.2, 0) is 0 Å². The van der Waals surface area contributed by atoms with Crippen LogP contribution in [0.1, 0.15) is 21.7 Å². The molecule has 0 aliphatic heterocycles. The summed E-state index contributed by atoms with van der Waals surface area (Å²) in [6.45, 7) is 3.69. The van der Waals surface area contributed by atoms with Crippen molar-refractivity contribution in [3.05, 3.63) is 50.2 Å². The Morgan fingerprint density at radius 2 is 2.05 bits per heavy atom. The number of aryl methyl sites for hydroxylation is 1. The lowest BCUT2D eigenvalue weighted by atomic mass is 10.2. The molecule has 1 heterocycles. The van der Waals surface area contributed by atoms with Gasteiger partial charge in [0.2, 0.25) is 0 Å². The zero-order valence-electron chi connectivity index (χ0n) is 11.9. The van der Waals surface area contributed by atoms with Crippen LogP contribution < -0.4 is 4.74 Å². The first kappa shape index (κ1) is 16.0. The smallest absolute Gasteiger partial charge is 0.271 e. The van der Waals surface area contributed by atoms with Crippen LogP contribution in [0.25, 0.3) is 6.08 Å². The Morgan fingerprint density at radius 3 is 2.62 bits per heavy atom. The first-order chi connectivity index (χ1) is 9.93. The van der Waals surface area contributed by atoms with E-state index < -0.39 is 0 Å². The SMILES string of the molecule is COc1ccc(Br)cc1/C=C/C(=O)n1nc(C)c(Br)c1C. The summed E-state index contributed by atoms with van der Waals surface area (Å²) < 4.78 is 8.42. The van der Waals surface area contributed by atoms with Crippen LogP contribution in [0, 0.1) is 13.8 Å². The second-order valence-corrected chi connectivity index (χ2v) is 6.16. The van der Waals surface area contributed by atoms with Crippen molar-refractivity contribution < 1.29 is 9.53 Å². The molecule has 1 aromatic carbocycles. The van der Waals surface area contributed by atoms with Crippen LogP contribution in [0.3, 0.4) is 0 Å². The highest BCUT2D eigenvalue weighted by atomic mass is 79.9. The van der Waals surface area contributed by atoms with Gasteiger partial charge in [-0.3, -0.25) is 4.79 Å². The summed E-state index contributed by atoms with van der Waals surface area (Å²) in [6.07, 6.45) is 3.20. The van der Waals surface area contributed by atoms with E-state index in [-0.39, 0.29) is 5.91 Å². The van der Waals surface area contributed by atoms with Gasteiger partial charge in [0.25, 0.3) is 5.91 Å². The third-order valence-electron chi connectivity index (χ3n) is 3.01. The van der Waals surface area contributed by atoms with Gasteiger partial charge >= 0.3 is 0 Å². The molecule has 0 saturated carbocycles. The van der Waals surface area contributed by atoms with Crippen molar-refractivity contribution in [2.45, 2.75) is 13.8 Å². The first-order valence-electron chi connectivity index (χ1n) is 6.21. The molecule has 0 atom stereocenters. The normalized spacial score (nSPS) is 11.1. The highest BCUT2D eigenvalue weighted by Gasteiger charge is 2.12. The summed E-state index contributed by atoms with van der Waals surface area (Å²) in [5.74, 6) is 0.500. The van der Waals surface area contributed by atoms with Gasteiger partial charge in [0.15, 0.2) is 0 Å². The highest BCUT2D eigenvalue weighted by molar-refractivity contribution is 9.10. The van der Waals surface area contributed by atoms with Gasteiger partial charge in [-0.05, 0) is 54.1 Å². The third-order valence-corrected chi connectivity index (χ3v) is 4.65. The van der Waals surface area contributed by atoms with E-state index in [1.165, 1.54) is 10.8 Å². The summed E-state index contributed by atoms with van der Waals surface area (Å²) in [5, 5.41) is 4.21. The van der Waals surface area contributed by atoms with Crippen LogP contribution >= 0.6 is 31.9 Å². The maximum absolute atomic E-state index is 12.2. The van der Waals surface area contributed by atoms with Crippen LogP contribution in [0.5, 0.6) is 5.75 Å². The van der Waals surface area contributed by atoms with Crippen molar-refractivity contribution in [2.24, 2.45) is 0 Å². The molecule has 0 bridgehead atoms. The molecule has 0 amide bonds. The summed E-state index contributed by atoms with van der Waals surface area (Å²) >= 11 is 6.81. The highest BCUT2D eigenvalue weighted by Crippen LogP contribution is 2.24.